The van der Waals surface area contributed by atoms with Crippen LogP contribution in [0.2, 0.25) is 0 Å². The first-order valence-electron chi connectivity index (χ1n) is 8.01. The molecule has 0 aromatic rings. The maximum Gasteiger partial charge on any atom is 0.407 e. The second-order valence-electron chi connectivity index (χ2n) is 8.04. The van der Waals surface area contributed by atoms with E-state index < -0.39 is 5.60 Å². The number of hydrogen-bond donors (Lipinski definition) is 1. The molecule has 21 heavy (non-hydrogen) atoms. The van der Waals surface area contributed by atoms with Crippen LogP contribution in [0.15, 0.2) is 0 Å². The van der Waals surface area contributed by atoms with Gasteiger partial charge >= 0.3 is 6.09 Å². The summed E-state index contributed by atoms with van der Waals surface area (Å²) < 4.78 is 11.2. The summed E-state index contributed by atoms with van der Waals surface area (Å²) in [6.07, 6.45) is 1.76. The van der Waals surface area contributed by atoms with Gasteiger partial charge < -0.3 is 14.8 Å². The zero-order chi connectivity index (χ0) is 14.9. The molecule has 4 fully saturated rings. The minimum absolute atomic E-state index is 0.0963. The maximum atomic E-state index is 12.2. The molecule has 0 aromatic carbocycles. The third-order valence-electron chi connectivity index (χ3n) is 5.70. The molecular weight excluding hydrogens is 270 g/mol. The number of ether oxygens (including phenoxy) is 2. The largest absolute Gasteiger partial charge is 0.444 e. The summed E-state index contributed by atoms with van der Waals surface area (Å²) in [6, 6.07) is 0. The smallest absolute Gasteiger partial charge is 0.407 e. The van der Waals surface area contributed by atoms with E-state index >= 15 is 0 Å². The lowest BCUT2D eigenvalue weighted by Crippen LogP contribution is -2.40. The van der Waals surface area contributed by atoms with E-state index in [9.17, 15) is 9.59 Å². The highest BCUT2D eigenvalue weighted by atomic mass is 16.6. The molecule has 1 aliphatic heterocycles. The lowest BCUT2D eigenvalue weighted by atomic mass is 9.77. The van der Waals surface area contributed by atoms with Crippen molar-refractivity contribution in [3.05, 3.63) is 0 Å². The normalized spacial score (nSPS) is 46.2. The van der Waals surface area contributed by atoms with E-state index in [0.717, 1.165) is 12.8 Å². The molecule has 2 bridgehead atoms. The topological polar surface area (TPSA) is 64.6 Å². The first-order valence-corrected chi connectivity index (χ1v) is 8.01. The van der Waals surface area contributed by atoms with E-state index in [-0.39, 0.29) is 24.2 Å². The van der Waals surface area contributed by atoms with Crippen molar-refractivity contribution in [2.24, 2.45) is 29.6 Å². The summed E-state index contributed by atoms with van der Waals surface area (Å²) in [5, 5.41) is 2.88. The van der Waals surface area contributed by atoms with Gasteiger partial charge in [0.2, 0.25) is 0 Å². The van der Waals surface area contributed by atoms with Gasteiger partial charge in [-0.25, -0.2) is 4.79 Å². The second-order valence-corrected chi connectivity index (χ2v) is 8.04. The van der Waals surface area contributed by atoms with Crippen molar-refractivity contribution in [3.63, 3.8) is 0 Å². The van der Waals surface area contributed by atoms with Gasteiger partial charge in [0.25, 0.3) is 0 Å². The number of rotatable bonds is 2. The number of amides is 1. The van der Waals surface area contributed by atoms with Crippen molar-refractivity contribution in [1.29, 1.82) is 0 Å². The Kier molecular flexibility index (Phi) is 2.72. The van der Waals surface area contributed by atoms with Crippen LogP contribution in [0, 0.1) is 29.6 Å². The monoisotopic (exact) mass is 293 g/mol. The molecule has 1 N–H and O–H groups in total. The maximum absolute atomic E-state index is 12.2. The zero-order valence-electron chi connectivity index (χ0n) is 12.8. The average Bonchev–Trinajstić information content (AvgIpc) is 3.01. The third kappa shape index (κ3) is 1.93. The molecule has 0 aromatic heterocycles. The summed E-state index contributed by atoms with van der Waals surface area (Å²) in [5.74, 6) is 2.30. The average molecular weight is 293 g/mol. The van der Waals surface area contributed by atoms with Gasteiger partial charge in [0.15, 0.2) is 5.78 Å². The number of hydrogen-bond acceptors (Lipinski definition) is 4. The van der Waals surface area contributed by atoms with Crippen LogP contribution in [0.1, 0.15) is 33.6 Å². The molecule has 3 saturated carbocycles. The molecule has 1 amide bonds. The van der Waals surface area contributed by atoms with Gasteiger partial charge in [-0.1, -0.05) is 0 Å². The third-order valence-corrected chi connectivity index (χ3v) is 5.70. The standard InChI is InChI=1S/C16H23NO4/c1-16(2,3)21-15(19)17-6-7-4-10-12-9-5-8(11(7)12)13(18)14(9)20-10/h7-12,14H,4-6H2,1-3H3,(H,17,19)/t7-,8+,9-,10+,11-,12+,14+/m1/s1. The molecule has 3 aliphatic carbocycles. The molecule has 1 heterocycles. The van der Waals surface area contributed by atoms with Gasteiger partial charge in [-0.15, -0.1) is 0 Å². The van der Waals surface area contributed by atoms with E-state index in [0.29, 0.717) is 36.0 Å². The molecule has 5 heteroatoms. The Morgan fingerprint density at radius 3 is 2.81 bits per heavy atom. The summed E-state index contributed by atoms with van der Waals surface area (Å²) >= 11 is 0. The fraction of sp³-hybridized carbons (Fsp3) is 0.875. The molecule has 0 unspecified atom stereocenters. The van der Waals surface area contributed by atoms with Crippen molar-refractivity contribution in [2.45, 2.75) is 51.4 Å². The fourth-order valence-corrected chi connectivity index (χ4v) is 5.24. The first-order chi connectivity index (χ1) is 9.85. The van der Waals surface area contributed by atoms with Crippen LogP contribution in [0.5, 0.6) is 0 Å². The van der Waals surface area contributed by atoms with Crippen LogP contribution in [0.4, 0.5) is 4.79 Å². The summed E-state index contributed by atoms with van der Waals surface area (Å²) in [5.41, 5.74) is -0.477. The lowest BCUT2D eigenvalue weighted by Gasteiger charge is -2.28. The minimum atomic E-state index is -0.477. The van der Waals surface area contributed by atoms with Crippen molar-refractivity contribution < 1.29 is 19.1 Å². The predicted molar refractivity (Wildman–Crippen MR) is 74.6 cm³/mol. The van der Waals surface area contributed by atoms with E-state index in [1.807, 2.05) is 20.8 Å². The summed E-state index contributed by atoms with van der Waals surface area (Å²) in [4.78, 5) is 24.0. The molecule has 5 nitrogen and oxygen atoms in total. The van der Waals surface area contributed by atoms with Crippen molar-refractivity contribution in [2.75, 3.05) is 6.54 Å². The summed E-state index contributed by atoms with van der Waals surface area (Å²) in [6.45, 7) is 6.16. The van der Waals surface area contributed by atoms with Gasteiger partial charge in [0.1, 0.15) is 11.7 Å². The second kappa shape index (κ2) is 4.22. The molecule has 0 radical (unpaired) electrons. The van der Waals surface area contributed by atoms with Crippen LogP contribution in [0.25, 0.3) is 0 Å². The van der Waals surface area contributed by atoms with Crippen molar-refractivity contribution >= 4 is 11.9 Å². The van der Waals surface area contributed by atoms with Crippen LogP contribution in [0.3, 0.4) is 0 Å². The van der Waals surface area contributed by atoms with E-state index in [1.54, 1.807) is 0 Å². The van der Waals surface area contributed by atoms with Gasteiger partial charge in [-0.05, 0) is 57.3 Å². The minimum Gasteiger partial charge on any atom is -0.444 e. The van der Waals surface area contributed by atoms with Crippen LogP contribution in [-0.2, 0) is 14.3 Å². The van der Waals surface area contributed by atoms with E-state index in [2.05, 4.69) is 5.32 Å². The molecule has 4 rings (SSSR count). The Balaban J connectivity index is 1.40. The van der Waals surface area contributed by atoms with Crippen molar-refractivity contribution in [1.82, 2.24) is 5.32 Å². The number of fused-ring (bicyclic) bond motifs is 2. The Labute approximate surface area is 124 Å². The van der Waals surface area contributed by atoms with Crippen LogP contribution < -0.4 is 5.32 Å². The highest BCUT2D eigenvalue weighted by Crippen LogP contribution is 2.64. The lowest BCUT2D eigenvalue weighted by molar-refractivity contribution is -0.133. The van der Waals surface area contributed by atoms with Gasteiger partial charge in [0.05, 0.1) is 6.10 Å². The number of carbonyl (C=O) groups is 2. The highest BCUT2D eigenvalue weighted by molar-refractivity contribution is 5.90. The SMILES string of the molecule is CC(C)(C)OC(=O)NC[C@H]1C[C@@H]2O[C@@H]3C(=O)[C@H]4C[C@@H]3[C@@H]2[C@H]14. The van der Waals surface area contributed by atoms with E-state index in [4.69, 9.17) is 9.47 Å². The molecular formula is C16H23NO4. The molecule has 7 atom stereocenters. The van der Waals surface area contributed by atoms with E-state index in [1.165, 1.54) is 0 Å². The molecule has 1 saturated heterocycles. The Morgan fingerprint density at radius 1 is 1.33 bits per heavy atom. The quantitative estimate of drug-likeness (QED) is 0.842. The number of carbonyl (C=O) groups excluding carboxylic acids is 2. The number of nitrogens with one attached hydrogen (secondary N) is 1. The van der Waals surface area contributed by atoms with Crippen LogP contribution in [-0.4, -0.2) is 36.2 Å². The molecule has 0 spiro atoms. The molecule has 116 valence electrons. The highest BCUT2D eigenvalue weighted by Gasteiger charge is 2.69. The summed E-state index contributed by atoms with van der Waals surface area (Å²) in [7, 11) is 0. The number of alkyl carbamates (subject to hydrolysis) is 1. The zero-order valence-corrected chi connectivity index (χ0v) is 12.8. The first kappa shape index (κ1) is 13.6. The number of ketones is 1. The Hall–Kier alpha value is -1.10. The Bertz CT molecular complexity index is 497. The van der Waals surface area contributed by atoms with Crippen molar-refractivity contribution in [3.8, 4) is 0 Å². The van der Waals surface area contributed by atoms with Crippen LogP contribution >= 0.6 is 0 Å². The number of Topliss-reactive ketones (excluding diaryl/α,β-unsaturated/α-hetero) is 1. The fourth-order valence-electron chi connectivity index (χ4n) is 5.24. The van der Waals surface area contributed by atoms with Gasteiger partial charge in [-0.3, -0.25) is 4.79 Å². The van der Waals surface area contributed by atoms with Gasteiger partial charge in [-0.2, -0.15) is 0 Å². The molecule has 4 aliphatic rings. The predicted octanol–water partition coefficient (Wildman–Crippen LogP) is 1.75. The van der Waals surface area contributed by atoms with Gasteiger partial charge in [0, 0.05) is 12.5 Å². The Morgan fingerprint density at radius 2 is 2.10 bits per heavy atom.